The molecule has 0 aliphatic carbocycles. The number of rotatable bonds is 4. The number of pyridine rings is 1. The van der Waals surface area contributed by atoms with Crippen LogP contribution in [-0.2, 0) is 0 Å². The predicted molar refractivity (Wildman–Crippen MR) is 97.7 cm³/mol. The summed E-state index contributed by atoms with van der Waals surface area (Å²) in [4.78, 5) is 16.4. The van der Waals surface area contributed by atoms with Crippen LogP contribution < -0.4 is 10.6 Å². The largest absolute Gasteiger partial charge is 0.352 e. The molecule has 0 radical (unpaired) electrons. The topological polar surface area (TPSA) is 54.0 Å². The third kappa shape index (κ3) is 4.08. The van der Waals surface area contributed by atoms with Gasteiger partial charge in [-0.1, -0.05) is 12.1 Å². The Kier molecular flexibility index (Phi) is 5.12. The summed E-state index contributed by atoms with van der Waals surface area (Å²) in [6.07, 6.45) is 2.70. The number of benzene rings is 2. The molecule has 1 amide bonds. The minimum Gasteiger partial charge on any atom is -0.352 e. The molecule has 1 heterocycles. The Morgan fingerprint density at radius 2 is 1.70 bits per heavy atom. The van der Waals surface area contributed by atoms with Crippen LogP contribution in [0.5, 0.6) is 0 Å². The van der Waals surface area contributed by atoms with Crippen molar-refractivity contribution < 1.29 is 18.0 Å². The SMILES string of the molecule is Cc1ccc(C)c(NC(=O)c2cncc(Nc3ccc(F)c(F)c3F)c2)c1. The number of halogens is 3. The van der Waals surface area contributed by atoms with E-state index < -0.39 is 23.4 Å². The van der Waals surface area contributed by atoms with Gasteiger partial charge >= 0.3 is 0 Å². The van der Waals surface area contributed by atoms with Crippen molar-refractivity contribution in [2.75, 3.05) is 10.6 Å². The zero-order valence-corrected chi connectivity index (χ0v) is 14.6. The van der Waals surface area contributed by atoms with Crippen LogP contribution in [0.25, 0.3) is 0 Å². The molecule has 0 saturated carbocycles. The quantitative estimate of drug-likeness (QED) is 0.627. The van der Waals surface area contributed by atoms with E-state index in [4.69, 9.17) is 0 Å². The van der Waals surface area contributed by atoms with Gasteiger partial charge in [0.05, 0.1) is 23.1 Å². The summed E-state index contributed by atoms with van der Waals surface area (Å²) < 4.78 is 40.2. The first-order chi connectivity index (χ1) is 12.8. The Balaban J connectivity index is 1.82. The number of carbonyl (C=O) groups is 1. The normalized spacial score (nSPS) is 10.6. The highest BCUT2D eigenvalue weighted by molar-refractivity contribution is 6.05. The second-order valence-electron chi connectivity index (χ2n) is 6.08. The zero-order chi connectivity index (χ0) is 19.6. The van der Waals surface area contributed by atoms with Gasteiger partial charge in [0.25, 0.3) is 5.91 Å². The van der Waals surface area contributed by atoms with Gasteiger partial charge in [-0.25, -0.2) is 13.2 Å². The summed E-state index contributed by atoms with van der Waals surface area (Å²) in [5, 5.41) is 5.39. The number of aryl methyl sites for hydroxylation is 2. The van der Waals surface area contributed by atoms with Crippen molar-refractivity contribution in [3.05, 3.63) is 82.9 Å². The number of nitrogens with zero attached hydrogens (tertiary/aromatic N) is 1. The lowest BCUT2D eigenvalue weighted by Crippen LogP contribution is -2.13. The van der Waals surface area contributed by atoms with E-state index in [9.17, 15) is 18.0 Å². The first kappa shape index (κ1) is 18.4. The van der Waals surface area contributed by atoms with Crippen molar-refractivity contribution in [2.45, 2.75) is 13.8 Å². The lowest BCUT2D eigenvalue weighted by atomic mass is 10.1. The van der Waals surface area contributed by atoms with Gasteiger partial charge in [-0.2, -0.15) is 0 Å². The predicted octanol–water partition coefficient (Wildman–Crippen LogP) is 5.11. The van der Waals surface area contributed by atoms with Crippen LogP contribution in [-0.4, -0.2) is 10.9 Å². The highest BCUT2D eigenvalue weighted by atomic mass is 19.2. The summed E-state index contributed by atoms with van der Waals surface area (Å²) in [7, 11) is 0. The van der Waals surface area contributed by atoms with Crippen molar-refractivity contribution in [3.63, 3.8) is 0 Å². The van der Waals surface area contributed by atoms with E-state index in [0.29, 0.717) is 5.69 Å². The van der Waals surface area contributed by atoms with Crippen LogP contribution >= 0.6 is 0 Å². The van der Waals surface area contributed by atoms with Crippen LogP contribution in [0, 0.1) is 31.3 Å². The molecule has 0 unspecified atom stereocenters. The smallest absolute Gasteiger partial charge is 0.257 e. The number of hydrogen-bond donors (Lipinski definition) is 2. The van der Waals surface area contributed by atoms with Gasteiger partial charge < -0.3 is 10.6 Å². The lowest BCUT2D eigenvalue weighted by Gasteiger charge is -2.11. The molecule has 0 atom stereocenters. The molecule has 0 aliphatic rings. The molecule has 0 bridgehead atoms. The monoisotopic (exact) mass is 371 g/mol. The van der Waals surface area contributed by atoms with E-state index in [1.54, 1.807) is 0 Å². The maximum absolute atomic E-state index is 13.8. The average molecular weight is 371 g/mol. The second-order valence-corrected chi connectivity index (χ2v) is 6.08. The highest BCUT2D eigenvalue weighted by Crippen LogP contribution is 2.24. The van der Waals surface area contributed by atoms with E-state index in [2.05, 4.69) is 15.6 Å². The zero-order valence-electron chi connectivity index (χ0n) is 14.6. The van der Waals surface area contributed by atoms with Crippen LogP contribution in [0.1, 0.15) is 21.5 Å². The molecule has 2 N–H and O–H groups in total. The van der Waals surface area contributed by atoms with Gasteiger partial charge in [-0.15, -0.1) is 0 Å². The van der Waals surface area contributed by atoms with Gasteiger partial charge in [0.1, 0.15) is 0 Å². The Labute approximate surface area is 154 Å². The maximum atomic E-state index is 13.8. The molecular weight excluding hydrogens is 355 g/mol. The second kappa shape index (κ2) is 7.49. The number of nitrogens with one attached hydrogen (secondary N) is 2. The number of hydrogen-bond acceptors (Lipinski definition) is 3. The summed E-state index contributed by atoms with van der Waals surface area (Å²) in [6.45, 7) is 3.79. The standard InChI is InChI=1S/C20H16F3N3O/c1-11-3-4-12(2)17(7-11)26-20(27)13-8-14(10-24-9-13)25-16-6-5-15(21)18(22)19(16)23/h3-10,25H,1-2H3,(H,26,27). The maximum Gasteiger partial charge on any atom is 0.257 e. The van der Waals surface area contributed by atoms with E-state index in [1.807, 2.05) is 32.0 Å². The Morgan fingerprint density at radius 1 is 0.926 bits per heavy atom. The highest BCUT2D eigenvalue weighted by Gasteiger charge is 2.14. The molecule has 7 heteroatoms. The first-order valence-corrected chi connectivity index (χ1v) is 8.09. The van der Waals surface area contributed by atoms with Crippen molar-refractivity contribution in [2.24, 2.45) is 0 Å². The Bertz CT molecular complexity index is 1020. The van der Waals surface area contributed by atoms with Crippen LogP contribution in [0.4, 0.5) is 30.2 Å². The van der Waals surface area contributed by atoms with Crippen LogP contribution in [0.2, 0.25) is 0 Å². The summed E-state index contributed by atoms with van der Waals surface area (Å²) >= 11 is 0. The summed E-state index contributed by atoms with van der Waals surface area (Å²) in [6, 6.07) is 9.00. The van der Waals surface area contributed by atoms with Crippen molar-refractivity contribution in [3.8, 4) is 0 Å². The van der Waals surface area contributed by atoms with Crippen LogP contribution in [0.15, 0.2) is 48.8 Å². The number of carbonyl (C=O) groups excluding carboxylic acids is 1. The number of aromatic nitrogens is 1. The third-order valence-electron chi connectivity index (χ3n) is 3.96. The van der Waals surface area contributed by atoms with Gasteiger partial charge in [-0.3, -0.25) is 9.78 Å². The molecule has 0 aliphatic heterocycles. The van der Waals surface area contributed by atoms with E-state index >= 15 is 0 Å². The third-order valence-corrected chi connectivity index (χ3v) is 3.96. The molecule has 3 aromatic rings. The molecule has 0 spiro atoms. The Hall–Kier alpha value is -3.35. The van der Waals surface area contributed by atoms with Crippen molar-refractivity contribution in [1.82, 2.24) is 4.98 Å². The van der Waals surface area contributed by atoms with Crippen molar-refractivity contribution >= 4 is 23.0 Å². The average Bonchev–Trinajstić information content (AvgIpc) is 2.65. The van der Waals surface area contributed by atoms with E-state index in [-0.39, 0.29) is 16.9 Å². The fourth-order valence-corrected chi connectivity index (χ4v) is 2.48. The number of anilines is 3. The molecule has 3 rings (SSSR count). The molecule has 27 heavy (non-hydrogen) atoms. The molecule has 138 valence electrons. The number of amides is 1. The van der Waals surface area contributed by atoms with E-state index in [0.717, 1.165) is 23.3 Å². The van der Waals surface area contributed by atoms with Gasteiger partial charge in [-0.05, 0) is 49.2 Å². The summed E-state index contributed by atoms with van der Waals surface area (Å²) in [5.74, 6) is -4.60. The fraction of sp³-hybridized carbons (Fsp3) is 0.100. The molecule has 0 saturated heterocycles. The minimum atomic E-state index is -1.57. The molecule has 1 aromatic heterocycles. The molecule has 4 nitrogen and oxygen atoms in total. The van der Waals surface area contributed by atoms with Crippen LogP contribution in [0.3, 0.4) is 0 Å². The first-order valence-electron chi connectivity index (χ1n) is 8.09. The van der Waals surface area contributed by atoms with E-state index in [1.165, 1.54) is 18.5 Å². The van der Waals surface area contributed by atoms with Gasteiger partial charge in [0.2, 0.25) is 0 Å². The fourth-order valence-electron chi connectivity index (χ4n) is 2.48. The minimum absolute atomic E-state index is 0.226. The van der Waals surface area contributed by atoms with Gasteiger partial charge in [0.15, 0.2) is 17.5 Å². The summed E-state index contributed by atoms with van der Waals surface area (Å²) in [5.41, 5.74) is 2.79. The lowest BCUT2D eigenvalue weighted by molar-refractivity contribution is 0.102. The molecular formula is C20H16F3N3O. The molecule has 2 aromatic carbocycles. The van der Waals surface area contributed by atoms with Gasteiger partial charge in [0, 0.05) is 11.9 Å². The molecule has 0 fully saturated rings. The van der Waals surface area contributed by atoms with Crippen molar-refractivity contribution in [1.29, 1.82) is 0 Å². The Morgan fingerprint density at radius 3 is 2.48 bits per heavy atom.